The number of thiocarbonyl (C=S) groups is 1. The molecule has 1 aliphatic carbocycles. The molecule has 0 unspecified atom stereocenters. The Hall–Kier alpha value is -3.51. The summed E-state index contributed by atoms with van der Waals surface area (Å²) in [5, 5.41) is 0.155. The molecule has 0 atom stereocenters. The van der Waals surface area contributed by atoms with Gasteiger partial charge >= 0.3 is 0 Å². The standard InChI is InChI=1S/C29H29N3O2S/c1-20-18-22(21(2)30(20)23-12-6-3-7-13-23)19-26-27(33)31(24-14-8-4-9-15-24)29(35)32(28(26)34)25-16-10-5-11-17-25/h4-5,8-11,14-19,23H,3,6-7,12-13H2,1-2H3. The van der Waals surface area contributed by atoms with E-state index < -0.39 is 11.8 Å². The molecule has 1 aromatic heterocycles. The van der Waals surface area contributed by atoms with Crippen LogP contribution in [0.25, 0.3) is 6.08 Å². The van der Waals surface area contributed by atoms with Gasteiger partial charge in [-0.25, -0.2) is 0 Å². The van der Waals surface area contributed by atoms with E-state index in [1.165, 1.54) is 41.9 Å². The number of carbonyl (C=O) groups is 2. The van der Waals surface area contributed by atoms with Gasteiger partial charge in [0.2, 0.25) is 0 Å². The number of benzene rings is 2. The first kappa shape index (κ1) is 23.2. The number of amides is 2. The molecule has 0 N–H and O–H groups in total. The van der Waals surface area contributed by atoms with E-state index in [-0.39, 0.29) is 10.7 Å². The van der Waals surface area contributed by atoms with Crippen LogP contribution in [0.2, 0.25) is 0 Å². The molecule has 0 bridgehead atoms. The molecule has 2 amide bonds. The highest BCUT2D eigenvalue weighted by atomic mass is 32.1. The largest absolute Gasteiger partial charge is 0.346 e. The molecule has 0 spiro atoms. The fraction of sp³-hybridized carbons (Fsp3) is 0.276. The second-order valence-electron chi connectivity index (χ2n) is 9.28. The maximum Gasteiger partial charge on any atom is 0.270 e. The average Bonchev–Trinajstić information content (AvgIpc) is 3.16. The van der Waals surface area contributed by atoms with Gasteiger partial charge in [0, 0.05) is 17.4 Å². The van der Waals surface area contributed by atoms with Crippen LogP contribution in [0.3, 0.4) is 0 Å². The van der Waals surface area contributed by atoms with Crippen molar-refractivity contribution in [2.24, 2.45) is 0 Å². The van der Waals surface area contributed by atoms with Crippen molar-refractivity contribution >= 4 is 46.6 Å². The Morgan fingerprint density at radius 3 is 1.83 bits per heavy atom. The van der Waals surface area contributed by atoms with Crippen molar-refractivity contribution in [2.45, 2.75) is 52.0 Å². The van der Waals surface area contributed by atoms with Crippen LogP contribution in [0.15, 0.2) is 72.3 Å². The minimum atomic E-state index is -0.402. The summed E-state index contributed by atoms with van der Waals surface area (Å²) in [6.45, 7) is 4.19. The summed E-state index contributed by atoms with van der Waals surface area (Å²) >= 11 is 5.70. The molecule has 3 aromatic rings. The summed E-state index contributed by atoms with van der Waals surface area (Å²) in [4.78, 5) is 30.4. The number of anilines is 2. The van der Waals surface area contributed by atoms with Crippen LogP contribution in [-0.2, 0) is 9.59 Å². The highest BCUT2D eigenvalue weighted by molar-refractivity contribution is 7.81. The number of aromatic nitrogens is 1. The SMILES string of the molecule is Cc1cc(C=C2C(=O)N(c3ccccc3)C(=S)N(c3ccccc3)C2=O)c(C)n1C1CCCCC1. The summed E-state index contributed by atoms with van der Waals surface area (Å²) < 4.78 is 2.39. The molecule has 0 radical (unpaired) electrons. The van der Waals surface area contributed by atoms with Gasteiger partial charge in [-0.3, -0.25) is 19.4 Å². The van der Waals surface area contributed by atoms with Crippen molar-refractivity contribution in [3.05, 3.63) is 89.3 Å². The quantitative estimate of drug-likeness (QED) is 0.246. The second-order valence-corrected chi connectivity index (χ2v) is 9.65. The van der Waals surface area contributed by atoms with Gasteiger partial charge < -0.3 is 4.57 Å². The third-order valence-electron chi connectivity index (χ3n) is 7.04. The van der Waals surface area contributed by atoms with Crippen molar-refractivity contribution < 1.29 is 9.59 Å². The van der Waals surface area contributed by atoms with E-state index in [4.69, 9.17) is 12.2 Å². The van der Waals surface area contributed by atoms with Crippen molar-refractivity contribution in [1.82, 2.24) is 4.57 Å². The summed E-state index contributed by atoms with van der Waals surface area (Å²) in [5.41, 5.74) is 4.53. The molecule has 2 aliphatic rings. The zero-order chi connectivity index (χ0) is 24.5. The number of rotatable bonds is 4. The summed E-state index contributed by atoms with van der Waals surface area (Å²) in [6.07, 6.45) is 7.86. The van der Waals surface area contributed by atoms with Gasteiger partial charge in [-0.05, 0) is 80.9 Å². The average molecular weight is 484 g/mol. The molecular formula is C29H29N3O2S. The van der Waals surface area contributed by atoms with E-state index >= 15 is 0 Å². The zero-order valence-electron chi connectivity index (χ0n) is 20.1. The van der Waals surface area contributed by atoms with E-state index in [2.05, 4.69) is 24.5 Å². The summed E-state index contributed by atoms with van der Waals surface area (Å²) in [6, 6.07) is 21.1. The Morgan fingerprint density at radius 2 is 1.31 bits per heavy atom. The lowest BCUT2D eigenvalue weighted by atomic mass is 9.95. The van der Waals surface area contributed by atoms with Crippen LogP contribution in [-0.4, -0.2) is 21.5 Å². The first-order valence-electron chi connectivity index (χ1n) is 12.2. The summed E-state index contributed by atoms with van der Waals surface area (Å²) in [7, 11) is 0. The third kappa shape index (κ3) is 4.23. The molecule has 35 heavy (non-hydrogen) atoms. The normalized spacial score (nSPS) is 17.3. The maximum absolute atomic E-state index is 13.7. The first-order valence-corrected chi connectivity index (χ1v) is 12.6. The number of carbonyl (C=O) groups excluding carboxylic acids is 2. The van der Waals surface area contributed by atoms with E-state index in [9.17, 15) is 9.59 Å². The minimum absolute atomic E-state index is 0.107. The molecule has 2 fully saturated rings. The van der Waals surface area contributed by atoms with Crippen LogP contribution in [0.5, 0.6) is 0 Å². The molecule has 6 heteroatoms. The molecule has 5 rings (SSSR count). The highest BCUT2D eigenvalue weighted by Gasteiger charge is 2.41. The number of hydrogen-bond donors (Lipinski definition) is 0. The Morgan fingerprint density at radius 1 is 0.800 bits per heavy atom. The van der Waals surface area contributed by atoms with E-state index in [1.807, 2.05) is 60.7 Å². The monoisotopic (exact) mass is 483 g/mol. The van der Waals surface area contributed by atoms with Crippen LogP contribution in [0.4, 0.5) is 11.4 Å². The Bertz CT molecular complexity index is 1240. The predicted molar refractivity (Wildman–Crippen MR) is 144 cm³/mol. The topological polar surface area (TPSA) is 45.6 Å². The van der Waals surface area contributed by atoms with Gasteiger partial charge in [0.05, 0.1) is 11.4 Å². The predicted octanol–water partition coefficient (Wildman–Crippen LogP) is 6.36. The molecule has 1 saturated carbocycles. The second kappa shape index (κ2) is 9.62. The molecule has 2 aromatic carbocycles. The number of aryl methyl sites for hydroxylation is 1. The van der Waals surface area contributed by atoms with Crippen molar-refractivity contribution in [3.8, 4) is 0 Å². The Kier molecular flexibility index (Phi) is 6.39. The third-order valence-corrected chi connectivity index (χ3v) is 7.41. The molecule has 178 valence electrons. The van der Waals surface area contributed by atoms with Crippen LogP contribution >= 0.6 is 12.2 Å². The van der Waals surface area contributed by atoms with Crippen molar-refractivity contribution in [2.75, 3.05) is 9.80 Å². The Balaban J connectivity index is 1.61. The van der Waals surface area contributed by atoms with Crippen LogP contribution < -0.4 is 9.80 Å². The molecule has 1 saturated heterocycles. The van der Waals surface area contributed by atoms with Crippen LogP contribution in [0.1, 0.15) is 55.1 Å². The number of hydrogen-bond acceptors (Lipinski definition) is 3. The molecular weight excluding hydrogens is 454 g/mol. The van der Waals surface area contributed by atoms with E-state index in [1.54, 1.807) is 6.08 Å². The van der Waals surface area contributed by atoms with Gasteiger partial charge in [0.1, 0.15) is 5.57 Å². The van der Waals surface area contributed by atoms with Gasteiger partial charge in [0.25, 0.3) is 11.8 Å². The summed E-state index contributed by atoms with van der Waals surface area (Å²) in [5.74, 6) is -0.804. The molecule has 5 nitrogen and oxygen atoms in total. The lowest BCUT2D eigenvalue weighted by Gasteiger charge is -2.36. The zero-order valence-corrected chi connectivity index (χ0v) is 20.9. The first-order chi connectivity index (χ1) is 17.0. The number of para-hydroxylation sites is 2. The van der Waals surface area contributed by atoms with Crippen LogP contribution in [0, 0.1) is 13.8 Å². The Labute approximate surface area is 211 Å². The number of nitrogens with zero attached hydrogens (tertiary/aromatic N) is 3. The van der Waals surface area contributed by atoms with E-state index in [0.29, 0.717) is 17.4 Å². The van der Waals surface area contributed by atoms with Gasteiger partial charge in [-0.1, -0.05) is 55.7 Å². The molecule has 2 heterocycles. The highest BCUT2D eigenvalue weighted by Crippen LogP contribution is 2.34. The van der Waals surface area contributed by atoms with Gasteiger partial charge in [0.15, 0.2) is 5.11 Å². The van der Waals surface area contributed by atoms with Gasteiger partial charge in [-0.15, -0.1) is 0 Å². The smallest absolute Gasteiger partial charge is 0.270 e. The van der Waals surface area contributed by atoms with E-state index in [0.717, 1.165) is 17.0 Å². The maximum atomic E-state index is 13.7. The van der Waals surface area contributed by atoms with Gasteiger partial charge in [-0.2, -0.15) is 0 Å². The lowest BCUT2D eigenvalue weighted by molar-refractivity contribution is -0.120. The van der Waals surface area contributed by atoms with Crippen molar-refractivity contribution in [1.29, 1.82) is 0 Å². The van der Waals surface area contributed by atoms with Crippen molar-refractivity contribution in [3.63, 3.8) is 0 Å². The minimum Gasteiger partial charge on any atom is -0.346 e. The lowest BCUT2D eigenvalue weighted by Crippen LogP contribution is -2.56. The fourth-order valence-electron chi connectivity index (χ4n) is 5.34. The molecule has 1 aliphatic heterocycles. The fourth-order valence-corrected chi connectivity index (χ4v) is 5.72.